The van der Waals surface area contributed by atoms with Gasteiger partial charge in [0.1, 0.15) is 10.8 Å². The average Bonchev–Trinajstić information content (AvgIpc) is 2.55. The Bertz CT molecular complexity index is 1080. The molecule has 0 bridgehead atoms. The van der Waals surface area contributed by atoms with Gasteiger partial charge in [-0.15, -0.1) is 0 Å². The summed E-state index contributed by atoms with van der Waals surface area (Å²) in [6, 6.07) is 8.25. The van der Waals surface area contributed by atoms with E-state index in [0.29, 0.717) is 5.52 Å². The van der Waals surface area contributed by atoms with Gasteiger partial charge in [0.15, 0.2) is 0 Å². The zero-order valence-electron chi connectivity index (χ0n) is 12.7. The summed E-state index contributed by atoms with van der Waals surface area (Å²) in [5, 5.41) is 11.1. The van der Waals surface area contributed by atoms with Crippen molar-refractivity contribution in [2.75, 3.05) is 0 Å². The summed E-state index contributed by atoms with van der Waals surface area (Å²) >= 11 is 5.77. The summed E-state index contributed by atoms with van der Waals surface area (Å²) in [7, 11) is 0. The number of fused-ring (bicyclic) bond motifs is 1. The molecule has 0 aliphatic heterocycles. The number of benzene rings is 2. The van der Waals surface area contributed by atoms with Crippen molar-refractivity contribution in [2.45, 2.75) is 6.92 Å². The first-order valence-corrected chi connectivity index (χ1v) is 7.30. The maximum atomic E-state index is 12.2. The van der Waals surface area contributed by atoms with E-state index in [1.165, 1.54) is 43.3 Å². The van der Waals surface area contributed by atoms with Crippen LogP contribution in [-0.4, -0.2) is 15.9 Å². The summed E-state index contributed by atoms with van der Waals surface area (Å²) in [5.74, 6) is -0.428. The van der Waals surface area contributed by atoms with Crippen molar-refractivity contribution in [2.24, 2.45) is 0 Å². The minimum Gasteiger partial charge on any atom is -0.427 e. The number of esters is 1. The number of hydrogen-bond acceptors (Lipinski definition) is 7. The van der Waals surface area contributed by atoms with E-state index in [-0.39, 0.29) is 33.3 Å². The second-order valence-electron chi connectivity index (χ2n) is 5.00. The molecule has 0 N–H and O–H groups in total. The number of halogens is 1. The average molecular weight is 361 g/mol. The monoisotopic (exact) mass is 360 g/mol. The van der Waals surface area contributed by atoms with Gasteiger partial charge in [0.2, 0.25) is 5.89 Å². The van der Waals surface area contributed by atoms with Crippen molar-refractivity contribution in [3.05, 3.63) is 62.0 Å². The molecule has 126 valence electrons. The van der Waals surface area contributed by atoms with E-state index in [0.717, 1.165) is 0 Å². The van der Waals surface area contributed by atoms with Crippen molar-refractivity contribution in [1.82, 2.24) is 4.98 Å². The SMILES string of the molecule is CC(=O)Oc1ccc2nc(-c3ccc(Cl)c([N+](=O)[O-])c3)oc(=O)c2c1. The predicted octanol–water partition coefficient (Wildman–Crippen LogP) is 3.34. The number of rotatable bonds is 3. The molecule has 0 saturated heterocycles. The van der Waals surface area contributed by atoms with Crippen molar-refractivity contribution in [3.8, 4) is 17.2 Å². The number of hydrogen-bond donors (Lipinski definition) is 0. The Morgan fingerprint density at radius 2 is 2.04 bits per heavy atom. The van der Waals surface area contributed by atoms with E-state index in [4.69, 9.17) is 20.8 Å². The quantitative estimate of drug-likeness (QED) is 0.304. The van der Waals surface area contributed by atoms with Crippen LogP contribution in [0.2, 0.25) is 5.02 Å². The van der Waals surface area contributed by atoms with Crippen LogP contribution < -0.4 is 10.4 Å². The molecule has 25 heavy (non-hydrogen) atoms. The summed E-state index contributed by atoms with van der Waals surface area (Å²) < 4.78 is 10.0. The minimum absolute atomic E-state index is 0.0390. The van der Waals surface area contributed by atoms with Crippen molar-refractivity contribution >= 4 is 34.2 Å². The standard InChI is InChI=1S/C16H9ClN2O6/c1-8(20)24-10-3-5-13-11(7-10)16(21)25-15(18-13)9-2-4-12(17)14(6-9)19(22)23/h2-7H,1H3. The molecule has 0 atom stereocenters. The lowest BCUT2D eigenvalue weighted by molar-refractivity contribution is -0.384. The van der Waals surface area contributed by atoms with Gasteiger partial charge in [-0.2, -0.15) is 0 Å². The largest absolute Gasteiger partial charge is 0.427 e. The topological polar surface area (TPSA) is 113 Å². The summed E-state index contributed by atoms with van der Waals surface area (Å²) in [5.41, 5.74) is -0.514. The second kappa shape index (κ2) is 6.33. The molecule has 3 rings (SSSR count). The van der Waals surface area contributed by atoms with Crippen molar-refractivity contribution in [3.63, 3.8) is 0 Å². The lowest BCUT2D eigenvalue weighted by Gasteiger charge is -2.04. The Labute approximate surface area is 144 Å². The zero-order valence-corrected chi connectivity index (χ0v) is 13.4. The lowest BCUT2D eigenvalue weighted by Crippen LogP contribution is -2.05. The van der Waals surface area contributed by atoms with Crippen LogP contribution in [0.15, 0.2) is 45.6 Å². The highest BCUT2D eigenvalue weighted by molar-refractivity contribution is 6.32. The molecule has 0 fully saturated rings. The minimum atomic E-state index is -0.716. The Morgan fingerprint density at radius 1 is 1.28 bits per heavy atom. The molecule has 0 spiro atoms. The predicted molar refractivity (Wildman–Crippen MR) is 88.7 cm³/mol. The summed E-state index contributed by atoms with van der Waals surface area (Å²) in [4.78, 5) is 37.7. The number of carbonyl (C=O) groups is 1. The highest BCUT2D eigenvalue weighted by Gasteiger charge is 2.17. The number of nitrogens with zero attached hydrogens (tertiary/aromatic N) is 2. The molecule has 0 amide bonds. The van der Waals surface area contributed by atoms with Crippen LogP contribution in [-0.2, 0) is 4.79 Å². The smallest absolute Gasteiger partial charge is 0.347 e. The van der Waals surface area contributed by atoms with Crippen LogP contribution in [0.4, 0.5) is 5.69 Å². The van der Waals surface area contributed by atoms with Gasteiger partial charge in [0.05, 0.1) is 15.8 Å². The maximum absolute atomic E-state index is 12.2. The highest BCUT2D eigenvalue weighted by atomic mass is 35.5. The molecule has 0 saturated carbocycles. The number of carbonyl (C=O) groups excluding carboxylic acids is 1. The molecule has 0 aliphatic rings. The number of aromatic nitrogens is 1. The first-order valence-electron chi connectivity index (χ1n) is 6.93. The molecule has 0 radical (unpaired) electrons. The first-order chi connectivity index (χ1) is 11.8. The van der Waals surface area contributed by atoms with E-state index < -0.39 is 16.5 Å². The van der Waals surface area contributed by atoms with Gasteiger partial charge in [-0.3, -0.25) is 14.9 Å². The fraction of sp³-hybridized carbons (Fsp3) is 0.0625. The highest BCUT2D eigenvalue weighted by Crippen LogP contribution is 2.30. The first kappa shape index (κ1) is 16.6. The Hall–Kier alpha value is -3.26. The fourth-order valence-corrected chi connectivity index (χ4v) is 2.38. The summed E-state index contributed by atoms with van der Waals surface area (Å²) in [6.45, 7) is 1.24. The summed E-state index contributed by atoms with van der Waals surface area (Å²) in [6.07, 6.45) is 0. The third-order valence-electron chi connectivity index (χ3n) is 3.25. The van der Waals surface area contributed by atoms with Gasteiger partial charge in [0.25, 0.3) is 5.69 Å². The molecule has 3 aromatic rings. The lowest BCUT2D eigenvalue weighted by atomic mass is 10.2. The van der Waals surface area contributed by atoms with Crippen molar-refractivity contribution < 1.29 is 18.9 Å². The van der Waals surface area contributed by atoms with E-state index in [1.807, 2.05) is 0 Å². The maximum Gasteiger partial charge on any atom is 0.347 e. The van der Waals surface area contributed by atoms with Gasteiger partial charge in [0, 0.05) is 18.6 Å². The normalized spacial score (nSPS) is 10.6. The van der Waals surface area contributed by atoms with Crippen LogP contribution in [0.1, 0.15) is 6.92 Å². The van der Waals surface area contributed by atoms with Crippen LogP contribution >= 0.6 is 11.6 Å². The second-order valence-corrected chi connectivity index (χ2v) is 5.41. The van der Waals surface area contributed by atoms with Gasteiger partial charge in [-0.1, -0.05) is 11.6 Å². The Morgan fingerprint density at radius 3 is 2.72 bits per heavy atom. The number of ether oxygens (including phenoxy) is 1. The molecular formula is C16H9ClN2O6. The van der Waals surface area contributed by atoms with Gasteiger partial charge >= 0.3 is 11.6 Å². The van der Waals surface area contributed by atoms with Crippen LogP contribution in [0.25, 0.3) is 22.4 Å². The van der Waals surface area contributed by atoms with Crippen LogP contribution in [0, 0.1) is 10.1 Å². The van der Waals surface area contributed by atoms with Gasteiger partial charge < -0.3 is 9.15 Å². The molecular weight excluding hydrogens is 352 g/mol. The molecule has 9 heteroatoms. The van der Waals surface area contributed by atoms with Crippen LogP contribution in [0.5, 0.6) is 5.75 Å². The molecule has 1 heterocycles. The number of nitro groups is 1. The third kappa shape index (κ3) is 3.33. The van der Waals surface area contributed by atoms with Crippen LogP contribution in [0.3, 0.4) is 0 Å². The van der Waals surface area contributed by atoms with Gasteiger partial charge in [-0.25, -0.2) is 9.78 Å². The van der Waals surface area contributed by atoms with E-state index in [1.54, 1.807) is 0 Å². The van der Waals surface area contributed by atoms with E-state index >= 15 is 0 Å². The van der Waals surface area contributed by atoms with E-state index in [9.17, 15) is 19.7 Å². The molecule has 0 aliphatic carbocycles. The zero-order chi connectivity index (χ0) is 18.1. The molecule has 0 unspecified atom stereocenters. The fourth-order valence-electron chi connectivity index (χ4n) is 2.19. The third-order valence-corrected chi connectivity index (χ3v) is 3.57. The Balaban J connectivity index is 2.13. The van der Waals surface area contributed by atoms with Gasteiger partial charge in [-0.05, 0) is 30.3 Å². The molecule has 1 aromatic heterocycles. The Kier molecular flexibility index (Phi) is 4.20. The van der Waals surface area contributed by atoms with E-state index in [2.05, 4.69) is 4.98 Å². The van der Waals surface area contributed by atoms with Crippen molar-refractivity contribution in [1.29, 1.82) is 0 Å². The number of nitro benzene ring substituents is 1. The molecule has 2 aromatic carbocycles. The molecule has 8 nitrogen and oxygen atoms in total.